The second kappa shape index (κ2) is 3.62. The van der Waals surface area contributed by atoms with Crippen molar-refractivity contribution in [1.29, 1.82) is 0 Å². The Kier molecular flexibility index (Phi) is 2.53. The number of fused-ring (bicyclic) bond motifs is 1. The van der Waals surface area contributed by atoms with Crippen LogP contribution in [0.4, 0.5) is 19.1 Å². The van der Waals surface area contributed by atoms with E-state index in [1.165, 1.54) is 13.2 Å². The molecule has 0 saturated heterocycles. The monoisotopic (exact) mass is 294 g/mol. The Morgan fingerprint density at radius 1 is 1.44 bits per heavy atom. The zero-order valence-electron chi connectivity index (χ0n) is 8.01. The zero-order valence-corrected chi connectivity index (χ0v) is 9.59. The Morgan fingerprint density at radius 2 is 2.12 bits per heavy atom. The van der Waals surface area contributed by atoms with E-state index in [2.05, 4.69) is 31.3 Å². The van der Waals surface area contributed by atoms with Gasteiger partial charge in [0.15, 0.2) is 5.65 Å². The Labute approximate surface area is 96.6 Å². The van der Waals surface area contributed by atoms with Crippen LogP contribution in [0.1, 0.15) is 5.56 Å². The molecule has 0 aliphatic rings. The van der Waals surface area contributed by atoms with E-state index in [0.717, 1.165) is 10.6 Å². The van der Waals surface area contributed by atoms with Crippen molar-refractivity contribution in [3.63, 3.8) is 0 Å². The second-order valence-corrected chi connectivity index (χ2v) is 3.94. The number of alkyl halides is 3. The highest BCUT2D eigenvalue weighted by Gasteiger charge is 2.34. The molecule has 2 rings (SSSR count). The summed E-state index contributed by atoms with van der Waals surface area (Å²) in [6, 6.07) is 0.976. The molecule has 2 aromatic rings. The van der Waals surface area contributed by atoms with Crippen molar-refractivity contribution in [1.82, 2.24) is 14.6 Å². The summed E-state index contributed by atoms with van der Waals surface area (Å²) in [6.45, 7) is 0. The van der Waals surface area contributed by atoms with Gasteiger partial charge in [0.05, 0.1) is 0 Å². The smallest absolute Gasteiger partial charge is 0.356 e. The van der Waals surface area contributed by atoms with Gasteiger partial charge >= 0.3 is 6.18 Å². The van der Waals surface area contributed by atoms with Gasteiger partial charge in [0.2, 0.25) is 5.95 Å². The van der Waals surface area contributed by atoms with Gasteiger partial charge in [0.25, 0.3) is 0 Å². The SMILES string of the molecule is CNc1nc2c(C(F)(F)F)cc(Br)cn2n1. The number of anilines is 1. The molecule has 4 nitrogen and oxygen atoms in total. The van der Waals surface area contributed by atoms with Gasteiger partial charge < -0.3 is 5.32 Å². The second-order valence-electron chi connectivity index (χ2n) is 3.02. The molecule has 0 bridgehead atoms. The number of aromatic nitrogens is 3. The fourth-order valence-electron chi connectivity index (χ4n) is 1.27. The number of nitrogens with zero attached hydrogens (tertiary/aromatic N) is 3. The first-order valence-electron chi connectivity index (χ1n) is 4.22. The quantitative estimate of drug-likeness (QED) is 0.879. The highest BCUT2D eigenvalue weighted by Crippen LogP contribution is 2.33. The third-order valence-corrected chi connectivity index (χ3v) is 2.36. The highest BCUT2D eigenvalue weighted by molar-refractivity contribution is 9.10. The molecule has 1 N–H and O–H groups in total. The number of hydrogen-bond acceptors (Lipinski definition) is 3. The number of rotatable bonds is 1. The standard InChI is InChI=1S/C8H6BrF3N4/c1-13-7-14-6-5(8(10,11)12)2-4(9)3-16(6)15-7/h2-3H,1H3,(H,13,15). The molecule has 16 heavy (non-hydrogen) atoms. The van der Waals surface area contributed by atoms with Crippen LogP contribution in [-0.2, 0) is 6.18 Å². The maximum absolute atomic E-state index is 12.7. The minimum absolute atomic E-state index is 0.142. The van der Waals surface area contributed by atoms with E-state index in [1.54, 1.807) is 0 Å². The van der Waals surface area contributed by atoms with Crippen molar-refractivity contribution in [2.45, 2.75) is 6.18 Å². The summed E-state index contributed by atoms with van der Waals surface area (Å²) in [4.78, 5) is 3.74. The summed E-state index contributed by atoms with van der Waals surface area (Å²) in [5.74, 6) is 0.142. The van der Waals surface area contributed by atoms with E-state index in [9.17, 15) is 13.2 Å². The Hall–Kier alpha value is -1.31. The molecular formula is C8H6BrF3N4. The van der Waals surface area contributed by atoms with Crippen molar-refractivity contribution in [3.8, 4) is 0 Å². The summed E-state index contributed by atoms with van der Waals surface area (Å²) < 4.78 is 39.4. The Morgan fingerprint density at radius 3 is 2.69 bits per heavy atom. The lowest BCUT2D eigenvalue weighted by Crippen LogP contribution is -2.08. The van der Waals surface area contributed by atoms with Gasteiger partial charge in [0, 0.05) is 17.7 Å². The maximum atomic E-state index is 12.7. The first-order valence-corrected chi connectivity index (χ1v) is 5.02. The van der Waals surface area contributed by atoms with E-state index in [1.807, 2.05) is 0 Å². The predicted molar refractivity (Wildman–Crippen MR) is 55.2 cm³/mol. The van der Waals surface area contributed by atoms with Crippen molar-refractivity contribution >= 4 is 27.5 Å². The minimum atomic E-state index is -4.46. The fraction of sp³-hybridized carbons (Fsp3) is 0.250. The molecule has 0 amide bonds. The summed E-state index contributed by atoms with van der Waals surface area (Å²) in [5, 5.41) is 6.42. The summed E-state index contributed by atoms with van der Waals surface area (Å²) >= 11 is 3.00. The topological polar surface area (TPSA) is 42.2 Å². The molecule has 2 aromatic heterocycles. The van der Waals surface area contributed by atoms with Crippen LogP contribution in [0.15, 0.2) is 16.7 Å². The molecule has 2 heterocycles. The molecule has 0 saturated carbocycles. The van der Waals surface area contributed by atoms with Crippen LogP contribution in [-0.4, -0.2) is 21.6 Å². The van der Waals surface area contributed by atoms with E-state index in [0.29, 0.717) is 4.47 Å². The predicted octanol–water partition coefficient (Wildman–Crippen LogP) is 2.55. The van der Waals surface area contributed by atoms with Crippen LogP contribution in [0, 0.1) is 0 Å². The lowest BCUT2D eigenvalue weighted by Gasteiger charge is -2.07. The summed E-state index contributed by atoms with van der Waals surface area (Å²) in [7, 11) is 1.54. The number of pyridine rings is 1. The number of halogens is 4. The van der Waals surface area contributed by atoms with Crippen LogP contribution in [0.25, 0.3) is 5.65 Å². The van der Waals surface area contributed by atoms with Crippen molar-refractivity contribution < 1.29 is 13.2 Å². The summed E-state index contributed by atoms with van der Waals surface area (Å²) in [5.41, 5.74) is -1.05. The van der Waals surface area contributed by atoms with Crippen molar-refractivity contribution in [3.05, 3.63) is 22.3 Å². The molecule has 0 radical (unpaired) electrons. The molecule has 86 valence electrons. The molecule has 0 aliphatic heterocycles. The van der Waals surface area contributed by atoms with Gasteiger partial charge in [-0.05, 0) is 22.0 Å². The van der Waals surface area contributed by atoms with Crippen LogP contribution in [0.3, 0.4) is 0 Å². The van der Waals surface area contributed by atoms with Gasteiger partial charge in [-0.15, -0.1) is 5.10 Å². The van der Waals surface area contributed by atoms with Crippen LogP contribution < -0.4 is 5.32 Å². The highest BCUT2D eigenvalue weighted by atomic mass is 79.9. The zero-order chi connectivity index (χ0) is 11.9. The van der Waals surface area contributed by atoms with Crippen LogP contribution in [0.5, 0.6) is 0 Å². The van der Waals surface area contributed by atoms with Gasteiger partial charge in [-0.3, -0.25) is 0 Å². The van der Waals surface area contributed by atoms with Crippen LogP contribution in [0.2, 0.25) is 0 Å². The van der Waals surface area contributed by atoms with E-state index in [4.69, 9.17) is 0 Å². The number of nitrogens with one attached hydrogen (secondary N) is 1. The van der Waals surface area contributed by atoms with Crippen LogP contribution >= 0.6 is 15.9 Å². The average molecular weight is 295 g/mol. The molecule has 0 spiro atoms. The number of hydrogen-bond donors (Lipinski definition) is 1. The minimum Gasteiger partial charge on any atom is -0.356 e. The van der Waals surface area contributed by atoms with E-state index >= 15 is 0 Å². The maximum Gasteiger partial charge on any atom is 0.420 e. The summed E-state index contributed by atoms with van der Waals surface area (Å²) in [6.07, 6.45) is -3.04. The first kappa shape index (κ1) is 11.2. The largest absolute Gasteiger partial charge is 0.420 e. The van der Waals surface area contributed by atoms with Crippen molar-refractivity contribution in [2.75, 3.05) is 12.4 Å². The van der Waals surface area contributed by atoms with Crippen molar-refractivity contribution in [2.24, 2.45) is 0 Å². The fourth-order valence-corrected chi connectivity index (χ4v) is 1.69. The van der Waals surface area contributed by atoms with Gasteiger partial charge in [-0.1, -0.05) is 0 Å². The van der Waals surface area contributed by atoms with E-state index in [-0.39, 0.29) is 11.6 Å². The molecular weight excluding hydrogens is 289 g/mol. The van der Waals surface area contributed by atoms with Gasteiger partial charge in [-0.2, -0.15) is 18.2 Å². The molecule has 0 fully saturated rings. The lowest BCUT2D eigenvalue weighted by atomic mass is 10.2. The average Bonchev–Trinajstić information content (AvgIpc) is 2.57. The molecule has 0 unspecified atom stereocenters. The third kappa shape index (κ3) is 1.84. The molecule has 0 atom stereocenters. The van der Waals surface area contributed by atoms with Gasteiger partial charge in [-0.25, -0.2) is 4.52 Å². The Balaban J connectivity index is 2.76. The molecule has 8 heteroatoms. The lowest BCUT2D eigenvalue weighted by molar-refractivity contribution is -0.136. The first-order chi connectivity index (χ1) is 7.41. The molecule has 0 aromatic carbocycles. The Bertz CT molecular complexity index is 534. The molecule has 0 aliphatic carbocycles. The van der Waals surface area contributed by atoms with E-state index < -0.39 is 11.7 Å². The van der Waals surface area contributed by atoms with Gasteiger partial charge in [0.1, 0.15) is 5.56 Å². The third-order valence-electron chi connectivity index (χ3n) is 1.93. The normalized spacial score (nSPS) is 12.1.